The van der Waals surface area contributed by atoms with Gasteiger partial charge < -0.3 is 20.7 Å². The lowest BCUT2D eigenvalue weighted by Gasteiger charge is -2.22. The molecule has 0 aliphatic heterocycles. The Kier molecular flexibility index (Phi) is 9.18. The van der Waals surface area contributed by atoms with Crippen molar-refractivity contribution in [2.24, 2.45) is 5.73 Å². The van der Waals surface area contributed by atoms with Gasteiger partial charge in [0.15, 0.2) is 0 Å². The van der Waals surface area contributed by atoms with E-state index in [1.54, 1.807) is 7.11 Å². The Balaban J connectivity index is 3.90. The maximum absolute atomic E-state index is 11.1. The summed E-state index contributed by atoms with van der Waals surface area (Å²) >= 11 is 0. The van der Waals surface area contributed by atoms with Crippen LogP contribution >= 0.6 is 0 Å². The zero-order valence-corrected chi connectivity index (χ0v) is 10.7. The number of hydrogen-bond acceptors (Lipinski definition) is 4. The Labute approximate surface area is 98.3 Å². The third kappa shape index (κ3) is 6.76. The number of likely N-dealkylation sites (N-methyl/N-ethyl adjacent to an activating group) is 2. The highest BCUT2D eigenvalue weighted by Crippen LogP contribution is 1.96. The van der Waals surface area contributed by atoms with E-state index in [0.717, 1.165) is 39.2 Å². The van der Waals surface area contributed by atoms with Gasteiger partial charge in [-0.15, -0.1) is 0 Å². The van der Waals surface area contributed by atoms with E-state index in [0.29, 0.717) is 0 Å². The van der Waals surface area contributed by atoms with Crippen molar-refractivity contribution in [3.05, 3.63) is 0 Å². The second-order valence-corrected chi connectivity index (χ2v) is 3.73. The van der Waals surface area contributed by atoms with Crippen molar-refractivity contribution < 1.29 is 9.53 Å². The van der Waals surface area contributed by atoms with Crippen molar-refractivity contribution in [3.63, 3.8) is 0 Å². The maximum atomic E-state index is 11.1. The van der Waals surface area contributed by atoms with Gasteiger partial charge in [-0.25, -0.2) is 0 Å². The summed E-state index contributed by atoms with van der Waals surface area (Å²) < 4.78 is 5.03. The molecule has 0 aliphatic rings. The molecule has 0 fully saturated rings. The molecule has 0 aromatic heterocycles. The van der Waals surface area contributed by atoms with Crippen molar-refractivity contribution in [3.8, 4) is 0 Å². The van der Waals surface area contributed by atoms with Gasteiger partial charge in [0.2, 0.25) is 5.91 Å². The molecule has 0 aromatic carbocycles. The van der Waals surface area contributed by atoms with Crippen molar-refractivity contribution in [2.75, 3.05) is 39.9 Å². The summed E-state index contributed by atoms with van der Waals surface area (Å²) in [5.41, 5.74) is 5.31. The van der Waals surface area contributed by atoms with Crippen LogP contribution in [0.15, 0.2) is 0 Å². The molecule has 1 unspecified atom stereocenters. The molecule has 0 aromatic rings. The molecule has 0 rings (SSSR count). The lowest BCUT2D eigenvalue weighted by Crippen LogP contribution is -2.43. The van der Waals surface area contributed by atoms with Gasteiger partial charge >= 0.3 is 0 Å². The minimum Gasteiger partial charge on any atom is -0.383 e. The fourth-order valence-corrected chi connectivity index (χ4v) is 1.55. The Morgan fingerprint density at radius 2 is 2.12 bits per heavy atom. The molecule has 5 nitrogen and oxygen atoms in total. The highest BCUT2D eigenvalue weighted by molar-refractivity contribution is 5.79. The van der Waals surface area contributed by atoms with Crippen molar-refractivity contribution >= 4 is 5.91 Å². The van der Waals surface area contributed by atoms with Crippen LogP contribution in [-0.2, 0) is 9.53 Å². The first-order valence-corrected chi connectivity index (χ1v) is 5.89. The van der Waals surface area contributed by atoms with Crippen LogP contribution in [0.25, 0.3) is 0 Å². The van der Waals surface area contributed by atoms with Gasteiger partial charge in [0.25, 0.3) is 0 Å². The molecular formula is C11H25N3O2. The summed E-state index contributed by atoms with van der Waals surface area (Å²) in [6, 6.07) is -0.221. The van der Waals surface area contributed by atoms with Crippen molar-refractivity contribution in [1.29, 1.82) is 0 Å². The summed E-state index contributed by atoms with van der Waals surface area (Å²) in [6.07, 6.45) is 0.751. The fourth-order valence-electron chi connectivity index (χ4n) is 1.55. The largest absolute Gasteiger partial charge is 0.383 e. The first kappa shape index (κ1) is 15.3. The Hall–Kier alpha value is -0.650. The molecule has 3 N–H and O–H groups in total. The molecule has 1 atom stereocenters. The minimum absolute atomic E-state index is 0.221. The number of nitrogens with zero attached hydrogens (tertiary/aromatic N) is 1. The summed E-state index contributed by atoms with van der Waals surface area (Å²) in [6.45, 7) is 8.26. The second-order valence-electron chi connectivity index (χ2n) is 3.73. The highest BCUT2D eigenvalue weighted by atomic mass is 16.5. The number of ether oxygens (including phenoxy) is 1. The van der Waals surface area contributed by atoms with E-state index in [-0.39, 0.29) is 11.9 Å². The van der Waals surface area contributed by atoms with Gasteiger partial charge in [-0.3, -0.25) is 4.79 Å². The fraction of sp³-hybridized carbons (Fsp3) is 0.909. The standard InChI is InChI=1S/C11H25N3O2/c1-4-13-10(11(12)15)6-7-14(5-2)8-9-16-3/h10,13H,4-9H2,1-3H3,(H2,12,15). The van der Waals surface area contributed by atoms with Crippen LogP contribution in [-0.4, -0.2) is 56.7 Å². The van der Waals surface area contributed by atoms with E-state index in [4.69, 9.17) is 10.5 Å². The molecular weight excluding hydrogens is 206 g/mol. The second kappa shape index (κ2) is 9.57. The summed E-state index contributed by atoms with van der Waals surface area (Å²) in [5, 5.41) is 3.09. The minimum atomic E-state index is -0.273. The van der Waals surface area contributed by atoms with Gasteiger partial charge in [0.05, 0.1) is 12.6 Å². The summed E-state index contributed by atoms with van der Waals surface area (Å²) in [4.78, 5) is 13.4. The Bertz CT molecular complexity index is 188. The number of amides is 1. The van der Waals surface area contributed by atoms with Gasteiger partial charge in [-0.1, -0.05) is 13.8 Å². The number of rotatable bonds is 10. The quantitative estimate of drug-likeness (QED) is 0.547. The number of nitrogens with two attached hydrogens (primary N) is 1. The lowest BCUT2D eigenvalue weighted by atomic mass is 10.2. The third-order valence-electron chi connectivity index (χ3n) is 2.59. The predicted molar refractivity (Wildman–Crippen MR) is 65.3 cm³/mol. The van der Waals surface area contributed by atoms with Crippen molar-refractivity contribution in [1.82, 2.24) is 10.2 Å². The molecule has 0 bridgehead atoms. The van der Waals surface area contributed by atoms with E-state index >= 15 is 0 Å². The van der Waals surface area contributed by atoms with E-state index in [1.807, 2.05) is 6.92 Å². The van der Waals surface area contributed by atoms with Crippen LogP contribution in [0.2, 0.25) is 0 Å². The number of nitrogens with one attached hydrogen (secondary N) is 1. The first-order valence-electron chi connectivity index (χ1n) is 5.89. The molecule has 0 spiro atoms. The first-order chi connectivity index (χ1) is 7.65. The van der Waals surface area contributed by atoms with E-state index in [1.165, 1.54) is 0 Å². The van der Waals surface area contributed by atoms with E-state index in [2.05, 4.69) is 17.1 Å². The summed E-state index contributed by atoms with van der Waals surface area (Å²) in [5.74, 6) is -0.273. The molecule has 0 radical (unpaired) electrons. The maximum Gasteiger partial charge on any atom is 0.234 e. The van der Waals surface area contributed by atoms with Gasteiger partial charge in [0.1, 0.15) is 0 Å². The molecule has 0 saturated heterocycles. The average molecular weight is 231 g/mol. The predicted octanol–water partition coefficient (Wildman–Crippen LogP) is -0.192. The number of methoxy groups -OCH3 is 1. The van der Waals surface area contributed by atoms with Crippen LogP contribution in [0.5, 0.6) is 0 Å². The number of carbonyl (C=O) groups is 1. The highest BCUT2D eigenvalue weighted by Gasteiger charge is 2.14. The van der Waals surface area contributed by atoms with Crippen molar-refractivity contribution in [2.45, 2.75) is 26.3 Å². The van der Waals surface area contributed by atoms with Crippen LogP contribution in [0.4, 0.5) is 0 Å². The zero-order valence-electron chi connectivity index (χ0n) is 10.7. The SMILES string of the molecule is CCNC(CCN(CC)CCOC)C(N)=O. The summed E-state index contributed by atoms with van der Waals surface area (Å²) in [7, 11) is 1.69. The average Bonchev–Trinajstić information content (AvgIpc) is 2.27. The molecule has 16 heavy (non-hydrogen) atoms. The van der Waals surface area contributed by atoms with Crippen LogP contribution in [0.1, 0.15) is 20.3 Å². The monoisotopic (exact) mass is 231 g/mol. The van der Waals surface area contributed by atoms with Gasteiger partial charge in [-0.2, -0.15) is 0 Å². The zero-order chi connectivity index (χ0) is 12.4. The van der Waals surface area contributed by atoms with Crippen LogP contribution < -0.4 is 11.1 Å². The van der Waals surface area contributed by atoms with E-state index < -0.39 is 0 Å². The molecule has 1 amide bonds. The number of hydrogen-bond donors (Lipinski definition) is 2. The normalized spacial score (nSPS) is 13.0. The molecule has 0 saturated carbocycles. The Morgan fingerprint density at radius 1 is 1.44 bits per heavy atom. The van der Waals surface area contributed by atoms with Gasteiger partial charge in [0, 0.05) is 20.2 Å². The molecule has 96 valence electrons. The number of primary amides is 1. The van der Waals surface area contributed by atoms with Gasteiger partial charge in [-0.05, 0) is 19.5 Å². The molecule has 0 heterocycles. The third-order valence-corrected chi connectivity index (χ3v) is 2.59. The van der Waals surface area contributed by atoms with Crippen LogP contribution in [0, 0.1) is 0 Å². The van der Waals surface area contributed by atoms with Crippen LogP contribution in [0.3, 0.4) is 0 Å². The molecule has 0 aliphatic carbocycles. The number of carbonyl (C=O) groups excluding carboxylic acids is 1. The Morgan fingerprint density at radius 3 is 2.56 bits per heavy atom. The topological polar surface area (TPSA) is 67.6 Å². The smallest absolute Gasteiger partial charge is 0.234 e. The van der Waals surface area contributed by atoms with E-state index in [9.17, 15) is 4.79 Å². The lowest BCUT2D eigenvalue weighted by molar-refractivity contribution is -0.120. The molecule has 5 heteroatoms.